The molecule has 1 N–H and O–H groups in total. The number of nitrogens with one attached hydrogen (secondary N) is 1. The fraction of sp³-hybridized carbons (Fsp3) is 0.0435. The standard InChI is InChI=1S/C23H17FN2OS/c1-15-21(18-11-13-20(24)14-12-18)25-23(28-15)26-22(27)19-9-7-17(8-10-19)16-5-3-2-4-6-16/h2-14H,1H3,(H,25,26,27). The van der Waals surface area contributed by atoms with E-state index in [2.05, 4.69) is 10.3 Å². The zero-order valence-corrected chi connectivity index (χ0v) is 16.0. The first-order valence-corrected chi connectivity index (χ1v) is 9.62. The number of aromatic nitrogens is 1. The summed E-state index contributed by atoms with van der Waals surface area (Å²) < 4.78 is 13.1. The third-order valence-corrected chi connectivity index (χ3v) is 5.28. The number of amides is 1. The van der Waals surface area contributed by atoms with Gasteiger partial charge in [-0.3, -0.25) is 10.1 Å². The number of anilines is 1. The van der Waals surface area contributed by atoms with E-state index in [1.807, 2.05) is 49.4 Å². The van der Waals surface area contributed by atoms with Gasteiger partial charge < -0.3 is 0 Å². The first-order chi connectivity index (χ1) is 13.6. The van der Waals surface area contributed by atoms with Crippen LogP contribution in [0.5, 0.6) is 0 Å². The number of carbonyl (C=O) groups is 1. The number of thiazole rings is 1. The van der Waals surface area contributed by atoms with Gasteiger partial charge in [0.1, 0.15) is 5.82 Å². The number of hydrogen-bond acceptors (Lipinski definition) is 3. The lowest BCUT2D eigenvalue weighted by atomic mass is 10.0. The van der Waals surface area contributed by atoms with Crippen molar-refractivity contribution >= 4 is 22.4 Å². The van der Waals surface area contributed by atoms with E-state index >= 15 is 0 Å². The molecule has 0 saturated heterocycles. The molecule has 0 bridgehead atoms. The zero-order valence-electron chi connectivity index (χ0n) is 15.1. The molecule has 0 unspecified atom stereocenters. The molecule has 1 amide bonds. The van der Waals surface area contributed by atoms with Crippen LogP contribution in [-0.4, -0.2) is 10.9 Å². The van der Waals surface area contributed by atoms with Gasteiger partial charge in [0.05, 0.1) is 5.69 Å². The summed E-state index contributed by atoms with van der Waals surface area (Å²) in [6.45, 7) is 1.93. The van der Waals surface area contributed by atoms with Crippen LogP contribution < -0.4 is 5.32 Å². The summed E-state index contributed by atoms with van der Waals surface area (Å²) in [5, 5.41) is 3.38. The van der Waals surface area contributed by atoms with Crippen molar-refractivity contribution in [1.82, 2.24) is 4.98 Å². The molecular formula is C23H17FN2OS. The topological polar surface area (TPSA) is 42.0 Å². The van der Waals surface area contributed by atoms with Gasteiger partial charge in [0.25, 0.3) is 5.91 Å². The van der Waals surface area contributed by atoms with E-state index in [0.29, 0.717) is 10.7 Å². The molecule has 3 nitrogen and oxygen atoms in total. The van der Waals surface area contributed by atoms with E-state index in [-0.39, 0.29) is 11.7 Å². The Hall–Kier alpha value is -3.31. The molecule has 4 rings (SSSR count). The van der Waals surface area contributed by atoms with E-state index in [9.17, 15) is 9.18 Å². The third kappa shape index (κ3) is 3.85. The Labute approximate surface area is 166 Å². The van der Waals surface area contributed by atoms with Crippen molar-refractivity contribution in [2.75, 3.05) is 5.32 Å². The van der Waals surface area contributed by atoms with Crippen molar-refractivity contribution in [3.05, 3.63) is 95.1 Å². The highest BCUT2D eigenvalue weighted by atomic mass is 32.1. The zero-order chi connectivity index (χ0) is 19.5. The maximum atomic E-state index is 13.1. The van der Waals surface area contributed by atoms with Gasteiger partial charge in [-0.05, 0) is 54.4 Å². The van der Waals surface area contributed by atoms with Crippen molar-refractivity contribution in [2.45, 2.75) is 6.92 Å². The molecule has 5 heteroatoms. The monoisotopic (exact) mass is 388 g/mol. The summed E-state index contributed by atoms with van der Waals surface area (Å²) in [7, 11) is 0. The van der Waals surface area contributed by atoms with E-state index in [0.717, 1.165) is 27.3 Å². The molecule has 0 atom stereocenters. The number of hydrogen-bond donors (Lipinski definition) is 1. The molecule has 3 aromatic carbocycles. The van der Waals surface area contributed by atoms with Crippen molar-refractivity contribution in [2.24, 2.45) is 0 Å². The normalized spacial score (nSPS) is 10.6. The third-order valence-electron chi connectivity index (χ3n) is 4.39. The lowest BCUT2D eigenvalue weighted by Gasteiger charge is -2.04. The number of benzene rings is 3. The van der Waals surface area contributed by atoms with E-state index in [1.54, 1.807) is 24.3 Å². The number of halogens is 1. The number of nitrogens with zero attached hydrogens (tertiary/aromatic N) is 1. The quantitative estimate of drug-likeness (QED) is 0.454. The van der Waals surface area contributed by atoms with Crippen LogP contribution in [0.4, 0.5) is 9.52 Å². The Morgan fingerprint density at radius 2 is 1.46 bits per heavy atom. The van der Waals surface area contributed by atoms with Crippen LogP contribution in [0.25, 0.3) is 22.4 Å². The summed E-state index contributed by atoms with van der Waals surface area (Å²) in [6.07, 6.45) is 0. The second kappa shape index (κ2) is 7.74. The van der Waals surface area contributed by atoms with Crippen LogP contribution in [0.15, 0.2) is 78.9 Å². The highest BCUT2D eigenvalue weighted by Gasteiger charge is 2.13. The van der Waals surface area contributed by atoms with Gasteiger partial charge in [-0.15, -0.1) is 11.3 Å². The minimum absolute atomic E-state index is 0.209. The molecule has 0 spiro atoms. The summed E-state index contributed by atoms with van der Waals surface area (Å²) in [5.41, 5.74) is 4.30. The van der Waals surface area contributed by atoms with Crippen molar-refractivity contribution in [1.29, 1.82) is 0 Å². The summed E-state index contributed by atoms with van der Waals surface area (Å²) in [5.74, 6) is -0.497. The Bertz CT molecular complexity index is 1100. The number of aryl methyl sites for hydroxylation is 1. The second-order valence-electron chi connectivity index (χ2n) is 6.33. The van der Waals surface area contributed by atoms with Gasteiger partial charge in [0, 0.05) is 16.0 Å². The molecule has 28 heavy (non-hydrogen) atoms. The van der Waals surface area contributed by atoms with E-state index in [1.165, 1.54) is 23.5 Å². The predicted molar refractivity (Wildman–Crippen MR) is 112 cm³/mol. The minimum Gasteiger partial charge on any atom is -0.298 e. The van der Waals surface area contributed by atoms with Crippen LogP contribution in [0.3, 0.4) is 0 Å². The van der Waals surface area contributed by atoms with Crippen molar-refractivity contribution < 1.29 is 9.18 Å². The average molecular weight is 388 g/mol. The molecule has 0 aliphatic carbocycles. The van der Waals surface area contributed by atoms with Crippen molar-refractivity contribution in [3.63, 3.8) is 0 Å². The molecule has 4 aromatic rings. The van der Waals surface area contributed by atoms with Gasteiger partial charge >= 0.3 is 0 Å². The fourth-order valence-corrected chi connectivity index (χ4v) is 3.77. The molecule has 0 aliphatic rings. The first kappa shape index (κ1) is 18.1. The maximum absolute atomic E-state index is 13.1. The molecule has 1 aromatic heterocycles. The van der Waals surface area contributed by atoms with Gasteiger partial charge in [-0.2, -0.15) is 0 Å². The van der Waals surface area contributed by atoms with Gasteiger partial charge in [0.2, 0.25) is 0 Å². The number of carbonyl (C=O) groups excluding carboxylic acids is 1. The number of rotatable bonds is 4. The first-order valence-electron chi connectivity index (χ1n) is 8.80. The van der Waals surface area contributed by atoms with Crippen LogP contribution >= 0.6 is 11.3 Å². The highest BCUT2D eigenvalue weighted by Crippen LogP contribution is 2.30. The summed E-state index contributed by atoms with van der Waals surface area (Å²) in [4.78, 5) is 18.0. The van der Waals surface area contributed by atoms with Crippen LogP contribution in [0.2, 0.25) is 0 Å². The Kier molecular flexibility index (Phi) is 5.00. The summed E-state index contributed by atoms with van der Waals surface area (Å²) >= 11 is 1.40. The minimum atomic E-state index is -0.288. The Morgan fingerprint density at radius 1 is 0.857 bits per heavy atom. The second-order valence-corrected chi connectivity index (χ2v) is 7.53. The van der Waals surface area contributed by atoms with Crippen LogP contribution in [0, 0.1) is 12.7 Å². The average Bonchev–Trinajstić information content (AvgIpc) is 3.09. The molecule has 0 fully saturated rings. The van der Waals surface area contributed by atoms with Gasteiger partial charge in [0.15, 0.2) is 5.13 Å². The molecule has 1 heterocycles. The SMILES string of the molecule is Cc1sc(NC(=O)c2ccc(-c3ccccc3)cc2)nc1-c1ccc(F)cc1. The van der Waals surface area contributed by atoms with E-state index in [4.69, 9.17) is 0 Å². The van der Waals surface area contributed by atoms with Gasteiger partial charge in [-0.25, -0.2) is 9.37 Å². The van der Waals surface area contributed by atoms with E-state index < -0.39 is 0 Å². The molecule has 0 aliphatic heterocycles. The van der Waals surface area contributed by atoms with Crippen LogP contribution in [0.1, 0.15) is 15.2 Å². The maximum Gasteiger partial charge on any atom is 0.257 e. The summed E-state index contributed by atoms with van der Waals surface area (Å²) in [6, 6.07) is 23.7. The lowest BCUT2D eigenvalue weighted by molar-refractivity contribution is 0.102. The molecule has 0 saturated carbocycles. The van der Waals surface area contributed by atoms with Gasteiger partial charge in [-0.1, -0.05) is 42.5 Å². The highest BCUT2D eigenvalue weighted by molar-refractivity contribution is 7.16. The Morgan fingerprint density at radius 3 is 2.14 bits per heavy atom. The fourth-order valence-electron chi connectivity index (χ4n) is 2.94. The smallest absolute Gasteiger partial charge is 0.257 e. The largest absolute Gasteiger partial charge is 0.298 e. The molecule has 138 valence electrons. The molecular weight excluding hydrogens is 371 g/mol. The molecule has 0 radical (unpaired) electrons. The lowest BCUT2D eigenvalue weighted by Crippen LogP contribution is -2.11. The van der Waals surface area contributed by atoms with Crippen LogP contribution in [-0.2, 0) is 0 Å². The predicted octanol–water partition coefficient (Wildman–Crippen LogP) is 6.18. The van der Waals surface area contributed by atoms with Crippen molar-refractivity contribution in [3.8, 4) is 22.4 Å². The Balaban J connectivity index is 1.51.